The maximum Gasteiger partial charge on any atom is 0.195 e. The van der Waals surface area contributed by atoms with E-state index in [0.717, 1.165) is 6.07 Å². The van der Waals surface area contributed by atoms with E-state index < -0.39 is 17.5 Å². The Bertz CT molecular complexity index is 680. The molecular formula is C13H11F3N2S. The zero-order valence-electron chi connectivity index (χ0n) is 10.3. The van der Waals surface area contributed by atoms with Crippen LogP contribution >= 0.6 is 12.2 Å². The molecule has 2 rings (SSSR count). The Labute approximate surface area is 113 Å². The van der Waals surface area contributed by atoms with Crippen LogP contribution in [0.15, 0.2) is 18.2 Å². The fourth-order valence-corrected chi connectivity index (χ4v) is 1.85. The average Bonchev–Trinajstić information content (AvgIpc) is 2.35. The standard InChI is InChI=1S/C13H11F3N2S/c1-6(2)13-17-9(5-10(19)18-13)7-3-4-8(14)12(16)11(7)15/h3-6H,1-2H3,(H,17,18,19). The Morgan fingerprint density at radius 1 is 1.16 bits per heavy atom. The molecule has 1 heterocycles. The van der Waals surface area contributed by atoms with Crippen LogP contribution in [0.25, 0.3) is 11.3 Å². The Balaban J connectivity index is 2.66. The third-order valence-electron chi connectivity index (χ3n) is 2.63. The maximum atomic E-state index is 13.7. The molecule has 100 valence electrons. The molecule has 0 bridgehead atoms. The minimum Gasteiger partial charge on any atom is -0.343 e. The first kappa shape index (κ1) is 13.7. The molecule has 0 aliphatic carbocycles. The summed E-state index contributed by atoms with van der Waals surface area (Å²) >= 11 is 4.99. The van der Waals surface area contributed by atoms with Crippen molar-refractivity contribution in [1.29, 1.82) is 0 Å². The molecule has 19 heavy (non-hydrogen) atoms. The van der Waals surface area contributed by atoms with Crippen molar-refractivity contribution >= 4 is 12.2 Å². The number of rotatable bonds is 2. The lowest BCUT2D eigenvalue weighted by molar-refractivity contribution is 0.448. The van der Waals surface area contributed by atoms with Gasteiger partial charge in [0.2, 0.25) is 0 Å². The third kappa shape index (κ3) is 2.68. The molecule has 1 N–H and O–H groups in total. The van der Waals surface area contributed by atoms with Gasteiger partial charge in [0.15, 0.2) is 17.5 Å². The molecule has 0 spiro atoms. The zero-order chi connectivity index (χ0) is 14.2. The molecule has 0 aliphatic heterocycles. The Kier molecular flexibility index (Phi) is 3.71. The van der Waals surface area contributed by atoms with Crippen LogP contribution in [-0.2, 0) is 0 Å². The molecule has 0 radical (unpaired) electrons. The summed E-state index contributed by atoms with van der Waals surface area (Å²) in [5.41, 5.74) is 0.203. The van der Waals surface area contributed by atoms with Crippen molar-refractivity contribution in [2.75, 3.05) is 0 Å². The number of nitrogens with zero attached hydrogens (tertiary/aromatic N) is 1. The van der Waals surface area contributed by atoms with Crippen molar-refractivity contribution in [1.82, 2.24) is 9.97 Å². The van der Waals surface area contributed by atoms with Gasteiger partial charge in [-0.25, -0.2) is 18.2 Å². The number of halogens is 3. The zero-order valence-corrected chi connectivity index (χ0v) is 11.1. The van der Waals surface area contributed by atoms with Gasteiger partial charge in [-0.3, -0.25) is 0 Å². The van der Waals surface area contributed by atoms with Crippen LogP contribution in [0.1, 0.15) is 25.6 Å². The van der Waals surface area contributed by atoms with Crippen molar-refractivity contribution in [3.8, 4) is 11.3 Å². The molecule has 1 aromatic heterocycles. The van der Waals surface area contributed by atoms with Gasteiger partial charge in [-0.2, -0.15) is 0 Å². The van der Waals surface area contributed by atoms with E-state index in [0.29, 0.717) is 5.82 Å². The molecule has 0 saturated heterocycles. The first-order chi connectivity index (χ1) is 8.90. The van der Waals surface area contributed by atoms with Gasteiger partial charge in [0.1, 0.15) is 10.5 Å². The van der Waals surface area contributed by atoms with Crippen molar-refractivity contribution in [2.24, 2.45) is 0 Å². The van der Waals surface area contributed by atoms with E-state index in [4.69, 9.17) is 12.2 Å². The summed E-state index contributed by atoms with van der Waals surface area (Å²) in [6.45, 7) is 3.78. The number of hydrogen-bond acceptors (Lipinski definition) is 2. The highest BCUT2D eigenvalue weighted by Gasteiger charge is 2.16. The van der Waals surface area contributed by atoms with E-state index >= 15 is 0 Å². The van der Waals surface area contributed by atoms with Gasteiger partial charge >= 0.3 is 0 Å². The van der Waals surface area contributed by atoms with Crippen LogP contribution in [0.2, 0.25) is 0 Å². The summed E-state index contributed by atoms with van der Waals surface area (Å²) in [4.78, 5) is 6.98. The van der Waals surface area contributed by atoms with E-state index in [1.807, 2.05) is 13.8 Å². The second-order valence-corrected chi connectivity index (χ2v) is 4.81. The summed E-state index contributed by atoms with van der Waals surface area (Å²) in [5, 5.41) is 0. The summed E-state index contributed by atoms with van der Waals surface area (Å²) in [6, 6.07) is 3.45. The van der Waals surface area contributed by atoms with E-state index in [1.54, 1.807) is 0 Å². The quantitative estimate of drug-likeness (QED) is 0.656. The first-order valence-corrected chi connectivity index (χ1v) is 6.06. The largest absolute Gasteiger partial charge is 0.343 e. The highest BCUT2D eigenvalue weighted by molar-refractivity contribution is 7.71. The van der Waals surface area contributed by atoms with Crippen LogP contribution < -0.4 is 0 Å². The van der Waals surface area contributed by atoms with Crippen LogP contribution in [0.3, 0.4) is 0 Å². The van der Waals surface area contributed by atoms with E-state index in [-0.39, 0.29) is 21.8 Å². The van der Waals surface area contributed by atoms with Gasteiger partial charge in [-0.15, -0.1) is 0 Å². The predicted octanol–water partition coefficient (Wildman–Crippen LogP) is 4.35. The molecule has 0 aliphatic rings. The molecule has 2 nitrogen and oxygen atoms in total. The lowest BCUT2D eigenvalue weighted by atomic mass is 10.1. The normalized spacial score (nSPS) is 11.1. The molecule has 0 atom stereocenters. The van der Waals surface area contributed by atoms with Crippen molar-refractivity contribution in [2.45, 2.75) is 19.8 Å². The first-order valence-electron chi connectivity index (χ1n) is 5.65. The van der Waals surface area contributed by atoms with Crippen molar-refractivity contribution in [3.05, 3.63) is 46.1 Å². The fourth-order valence-electron chi connectivity index (χ4n) is 1.63. The van der Waals surface area contributed by atoms with Gasteiger partial charge in [0.25, 0.3) is 0 Å². The van der Waals surface area contributed by atoms with Gasteiger partial charge < -0.3 is 4.98 Å². The van der Waals surface area contributed by atoms with Gasteiger partial charge in [0.05, 0.1) is 5.69 Å². The molecule has 0 amide bonds. The van der Waals surface area contributed by atoms with E-state index in [9.17, 15) is 13.2 Å². The Morgan fingerprint density at radius 3 is 2.47 bits per heavy atom. The summed E-state index contributed by atoms with van der Waals surface area (Å²) in [6.07, 6.45) is 0. The molecule has 6 heteroatoms. The highest BCUT2D eigenvalue weighted by atomic mass is 32.1. The second-order valence-electron chi connectivity index (χ2n) is 4.40. The van der Waals surface area contributed by atoms with Crippen molar-refractivity contribution in [3.63, 3.8) is 0 Å². The number of H-pyrrole nitrogens is 1. The van der Waals surface area contributed by atoms with Gasteiger partial charge in [-0.05, 0) is 18.2 Å². The summed E-state index contributed by atoms with van der Waals surface area (Å²) in [7, 11) is 0. The monoisotopic (exact) mass is 284 g/mol. The molecule has 1 aromatic carbocycles. The van der Waals surface area contributed by atoms with Gasteiger partial charge in [0, 0.05) is 11.5 Å². The van der Waals surface area contributed by atoms with Crippen molar-refractivity contribution < 1.29 is 13.2 Å². The molecular weight excluding hydrogens is 273 g/mol. The average molecular weight is 284 g/mol. The number of aromatic amines is 1. The fraction of sp³-hybridized carbons (Fsp3) is 0.231. The smallest absolute Gasteiger partial charge is 0.195 e. The Morgan fingerprint density at radius 2 is 1.84 bits per heavy atom. The number of nitrogens with one attached hydrogen (secondary N) is 1. The van der Waals surface area contributed by atoms with Crippen LogP contribution in [0.5, 0.6) is 0 Å². The van der Waals surface area contributed by atoms with E-state index in [2.05, 4.69) is 9.97 Å². The maximum absolute atomic E-state index is 13.7. The topological polar surface area (TPSA) is 28.7 Å². The van der Waals surface area contributed by atoms with Gasteiger partial charge in [-0.1, -0.05) is 26.1 Å². The molecule has 0 unspecified atom stereocenters. The van der Waals surface area contributed by atoms with E-state index in [1.165, 1.54) is 12.1 Å². The SMILES string of the molecule is CC(C)c1nc(=S)cc(-c2ccc(F)c(F)c2F)[nH]1. The lowest BCUT2D eigenvalue weighted by Crippen LogP contribution is -2.01. The molecule has 0 fully saturated rings. The number of aromatic nitrogens is 2. The van der Waals surface area contributed by atoms with Crippen LogP contribution in [0, 0.1) is 22.1 Å². The lowest BCUT2D eigenvalue weighted by Gasteiger charge is -2.09. The third-order valence-corrected chi connectivity index (χ3v) is 2.84. The van der Waals surface area contributed by atoms with Crippen LogP contribution in [0.4, 0.5) is 13.2 Å². The number of benzene rings is 1. The number of hydrogen-bond donors (Lipinski definition) is 1. The predicted molar refractivity (Wildman–Crippen MR) is 68.8 cm³/mol. The van der Waals surface area contributed by atoms with Crippen LogP contribution in [-0.4, -0.2) is 9.97 Å². The molecule has 0 saturated carbocycles. The highest BCUT2D eigenvalue weighted by Crippen LogP contribution is 2.25. The second kappa shape index (κ2) is 5.13. The summed E-state index contributed by atoms with van der Waals surface area (Å²) in [5.74, 6) is -3.36. The summed E-state index contributed by atoms with van der Waals surface area (Å²) < 4.78 is 40.1. The minimum atomic E-state index is -1.50. The molecule has 2 aromatic rings. The Hall–Kier alpha value is -1.69. The minimum absolute atomic E-state index is 0.0509.